The Morgan fingerprint density at radius 3 is 2.52 bits per heavy atom. The highest BCUT2D eigenvalue weighted by atomic mass is 16.5. The lowest BCUT2D eigenvalue weighted by atomic mass is 9.79. The maximum atomic E-state index is 12.6. The van der Waals surface area contributed by atoms with E-state index in [0.717, 1.165) is 32.0 Å². The first-order valence-corrected chi connectivity index (χ1v) is 8.11. The molecular formula is C16H24N4O3. The van der Waals surface area contributed by atoms with Gasteiger partial charge in [-0.2, -0.15) is 0 Å². The van der Waals surface area contributed by atoms with E-state index in [-0.39, 0.29) is 5.91 Å². The molecule has 3 N–H and O–H groups in total. The second-order valence-corrected chi connectivity index (χ2v) is 6.05. The Morgan fingerprint density at radius 2 is 1.91 bits per heavy atom. The highest BCUT2D eigenvalue weighted by molar-refractivity contribution is 5.94. The van der Waals surface area contributed by atoms with E-state index in [4.69, 9.17) is 15.2 Å². The number of ether oxygens (including phenoxy) is 2. The quantitative estimate of drug-likeness (QED) is 0.845. The number of carbonyl (C=O) groups is 1. The van der Waals surface area contributed by atoms with Crippen LogP contribution < -0.4 is 16.0 Å². The van der Waals surface area contributed by atoms with Gasteiger partial charge in [0.15, 0.2) is 0 Å². The Hall–Kier alpha value is -1.70. The first-order chi connectivity index (χ1) is 11.2. The van der Waals surface area contributed by atoms with E-state index in [1.54, 1.807) is 6.20 Å². The predicted molar refractivity (Wildman–Crippen MR) is 87.4 cm³/mol. The number of hydrogen-bond acceptors (Lipinski definition) is 6. The monoisotopic (exact) mass is 320 g/mol. The van der Waals surface area contributed by atoms with Crippen LogP contribution in [0.15, 0.2) is 18.3 Å². The average molecular weight is 320 g/mol. The number of pyridine rings is 1. The van der Waals surface area contributed by atoms with Gasteiger partial charge in [-0.15, -0.1) is 0 Å². The first kappa shape index (κ1) is 16.2. The third kappa shape index (κ3) is 3.63. The van der Waals surface area contributed by atoms with Crippen molar-refractivity contribution in [1.82, 2.24) is 4.98 Å². The molecule has 126 valence electrons. The molecule has 0 bridgehead atoms. The maximum Gasteiger partial charge on any atom is 0.233 e. The molecule has 0 atom stereocenters. The normalized spacial score (nSPS) is 21.0. The summed E-state index contributed by atoms with van der Waals surface area (Å²) in [5.74, 6) is 0.501. The van der Waals surface area contributed by atoms with E-state index in [0.29, 0.717) is 38.4 Å². The second kappa shape index (κ2) is 7.25. The van der Waals surface area contributed by atoms with Crippen LogP contribution in [0, 0.1) is 5.41 Å². The summed E-state index contributed by atoms with van der Waals surface area (Å²) in [7, 11) is 0. The number of hydrogen-bond donors (Lipinski definition) is 2. The van der Waals surface area contributed by atoms with Crippen molar-refractivity contribution in [2.75, 3.05) is 56.3 Å². The number of nitrogens with zero attached hydrogens (tertiary/aromatic N) is 2. The number of nitrogens with two attached hydrogens (primary N) is 1. The smallest absolute Gasteiger partial charge is 0.233 e. The molecule has 1 amide bonds. The van der Waals surface area contributed by atoms with Crippen molar-refractivity contribution in [3.8, 4) is 0 Å². The van der Waals surface area contributed by atoms with E-state index in [2.05, 4.69) is 15.2 Å². The van der Waals surface area contributed by atoms with E-state index in [1.807, 2.05) is 12.1 Å². The zero-order valence-electron chi connectivity index (χ0n) is 13.3. The molecule has 7 nitrogen and oxygen atoms in total. The van der Waals surface area contributed by atoms with Crippen molar-refractivity contribution in [3.63, 3.8) is 0 Å². The number of rotatable bonds is 4. The van der Waals surface area contributed by atoms with Crippen molar-refractivity contribution in [3.05, 3.63) is 18.3 Å². The van der Waals surface area contributed by atoms with Crippen molar-refractivity contribution in [2.45, 2.75) is 12.8 Å². The van der Waals surface area contributed by atoms with Gasteiger partial charge in [0, 0.05) is 32.8 Å². The molecule has 2 aliphatic rings. The van der Waals surface area contributed by atoms with Gasteiger partial charge in [0.2, 0.25) is 5.91 Å². The van der Waals surface area contributed by atoms with E-state index < -0.39 is 5.41 Å². The molecule has 7 heteroatoms. The van der Waals surface area contributed by atoms with Crippen molar-refractivity contribution >= 4 is 17.4 Å². The fourth-order valence-electron chi connectivity index (χ4n) is 3.00. The molecule has 2 aliphatic heterocycles. The Kier molecular flexibility index (Phi) is 5.09. The van der Waals surface area contributed by atoms with Crippen LogP contribution in [0.5, 0.6) is 0 Å². The molecule has 23 heavy (non-hydrogen) atoms. The fraction of sp³-hybridized carbons (Fsp3) is 0.625. The summed E-state index contributed by atoms with van der Waals surface area (Å²) in [5, 5.41) is 2.90. The predicted octanol–water partition coefficient (Wildman–Crippen LogP) is 0.612. The van der Waals surface area contributed by atoms with Crippen LogP contribution in [0.3, 0.4) is 0 Å². The van der Waals surface area contributed by atoms with Crippen LogP contribution in [0.25, 0.3) is 0 Å². The Morgan fingerprint density at radius 1 is 1.22 bits per heavy atom. The molecule has 1 aromatic rings. The maximum absolute atomic E-state index is 12.6. The lowest BCUT2D eigenvalue weighted by Gasteiger charge is -2.34. The van der Waals surface area contributed by atoms with Crippen molar-refractivity contribution in [1.29, 1.82) is 0 Å². The zero-order chi connectivity index (χ0) is 16.1. The number of carbonyl (C=O) groups excluding carboxylic acids is 1. The summed E-state index contributed by atoms with van der Waals surface area (Å²) in [6.45, 7) is 4.68. The molecular weight excluding hydrogens is 296 g/mol. The van der Waals surface area contributed by atoms with Gasteiger partial charge in [-0.25, -0.2) is 4.98 Å². The highest BCUT2D eigenvalue weighted by Crippen LogP contribution is 2.30. The third-order valence-corrected chi connectivity index (χ3v) is 4.69. The SMILES string of the molecule is NCC1(C(=O)Nc2ccc(N3CCOCC3)cn2)CCOCC1. The highest BCUT2D eigenvalue weighted by Gasteiger charge is 2.38. The van der Waals surface area contributed by atoms with Crippen molar-refractivity contribution in [2.24, 2.45) is 11.1 Å². The van der Waals surface area contributed by atoms with Gasteiger partial charge in [-0.3, -0.25) is 4.79 Å². The number of aromatic nitrogens is 1. The first-order valence-electron chi connectivity index (χ1n) is 8.11. The van der Waals surface area contributed by atoms with Crippen LogP contribution in [0.1, 0.15) is 12.8 Å². The van der Waals surface area contributed by atoms with E-state index in [1.165, 1.54) is 0 Å². The Bertz CT molecular complexity index is 523. The summed E-state index contributed by atoms with van der Waals surface area (Å²) in [5.41, 5.74) is 6.37. The molecule has 0 aromatic carbocycles. The minimum Gasteiger partial charge on any atom is -0.381 e. The van der Waals surface area contributed by atoms with Crippen molar-refractivity contribution < 1.29 is 14.3 Å². The van der Waals surface area contributed by atoms with Crippen LogP contribution in [-0.4, -0.2) is 57.0 Å². The van der Waals surface area contributed by atoms with Gasteiger partial charge in [-0.05, 0) is 25.0 Å². The number of nitrogens with one attached hydrogen (secondary N) is 1. The van der Waals surface area contributed by atoms with Crippen LogP contribution in [0.4, 0.5) is 11.5 Å². The number of anilines is 2. The molecule has 2 saturated heterocycles. The number of morpholine rings is 1. The number of amides is 1. The van der Waals surface area contributed by atoms with Gasteiger partial charge in [0.1, 0.15) is 5.82 Å². The molecule has 3 rings (SSSR count). The van der Waals surface area contributed by atoms with Gasteiger partial charge in [0.05, 0.1) is 30.5 Å². The molecule has 0 saturated carbocycles. The largest absolute Gasteiger partial charge is 0.381 e. The topological polar surface area (TPSA) is 89.7 Å². The molecule has 0 aliphatic carbocycles. The third-order valence-electron chi connectivity index (χ3n) is 4.69. The fourth-order valence-corrected chi connectivity index (χ4v) is 3.00. The van der Waals surface area contributed by atoms with Crippen LogP contribution >= 0.6 is 0 Å². The molecule has 1 aromatic heterocycles. The molecule has 3 heterocycles. The van der Waals surface area contributed by atoms with E-state index in [9.17, 15) is 4.79 Å². The molecule has 0 spiro atoms. The summed E-state index contributed by atoms with van der Waals surface area (Å²) in [6, 6.07) is 3.82. The summed E-state index contributed by atoms with van der Waals surface area (Å²) >= 11 is 0. The lowest BCUT2D eigenvalue weighted by molar-refractivity contribution is -0.130. The minimum absolute atomic E-state index is 0.0603. The zero-order valence-corrected chi connectivity index (χ0v) is 13.3. The van der Waals surface area contributed by atoms with Crippen LogP contribution in [-0.2, 0) is 14.3 Å². The molecule has 0 unspecified atom stereocenters. The van der Waals surface area contributed by atoms with Crippen LogP contribution in [0.2, 0.25) is 0 Å². The van der Waals surface area contributed by atoms with E-state index >= 15 is 0 Å². The molecule has 0 radical (unpaired) electrons. The summed E-state index contributed by atoms with van der Waals surface area (Å²) in [6.07, 6.45) is 3.10. The summed E-state index contributed by atoms with van der Waals surface area (Å²) in [4.78, 5) is 19.2. The Labute approximate surface area is 136 Å². The minimum atomic E-state index is -0.539. The van der Waals surface area contributed by atoms with Gasteiger partial charge in [-0.1, -0.05) is 0 Å². The molecule has 2 fully saturated rings. The van der Waals surface area contributed by atoms with Gasteiger partial charge in [0.25, 0.3) is 0 Å². The standard InChI is InChI=1S/C16H24N4O3/c17-12-16(3-7-22-8-4-16)15(21)19-14-2-1-13(11-18-14)20-5-9-23-10-6-20/h1-2,11H,3-10,12,17H2,(H,18,19,21). The second-order valence-electron chi connectivity index (χ2n) is 6.05. The Balaban J connectivity index is 1.64. The van der Waals surface area contributed by atoms with Gasteiger partial charge >= 0.3 is 0 Å². The average Bonchev–Trinajstić information content (AvgIpc) is 2.63. The lowest BCUT2D eigenvalue weighted by Crippen LogP contribution is -2.46. The summed E-state index contributed by atoms with van der Waals surface area (Å²) < 4.78 is 10.7. The van der Waals surface area contributed by atoms with Gasteiger partial charge < -0.3 is 25.4 Å².